The zero-order valence-corrected chi connectivity index (χ0v) is 14.0. The SMILES string of the molecule is CCCCCNC(=O)CSc1nc(C(F)(F)F)nc2ccccc12. The molecule has 1 N–H and O–H groups in total. The second-order valence-electron chi connectivity index (χ2n) is 5.21. The number of alkyl halides is 3. The largest absolute Gasteiger partial charge is 0.451 e. The summed E-state index contributed by atoms with van der Waals surface area (Å²) in [6, 6.07) is 6.47. The number of nitrogens with one attached hydrogen (secondary N) is 1. The molecule has 2 aromatic rings. The zero-order chi connectivity index (χ0) is 17.6. The van der Waals surface area contributed by atoms with Gasteiger partial charge < -0.3 is 5.32 Å². The zero-order valence-electron chi connectivity index (χ0n) is 13.2. The third-order valence-electron chi connectivity index (χ3n) is 3.26. The Morgan fingerprint density at radius 3 is 2.67 bits per heavy atom. The number of unbranched alkanes of at least 4 members (excludes halogenated alkanes) is 2. The van der Waals surface area contributed by atoms with Crippen molar-refractivity contribution in [2.45, 2.75) is 37.4 Å². The lowest BCUT2D eigenvalue weighted by Crippen LogP contribution is -2.26. The number of benzene rings is 1. The molecular weight excluding hydrogens is 339 g/mol. The van der Waals surface area contributed by atoms with Crippen molar-refractivity contribution in [2.24, 2.45) is 0 Å². The fourth-order valence-electron chi connectivity index (χ4n) is 2.07. The predicted molar refractivity (Wildman–Crippen MR) is 87.8 cm³/mol. The lowest BCUT2D eigenvalue weighted by atomic mass is 10.2. The van der Waals surface area contributed by atoms with Crippen LogP contribution in [0.4, 0.5) is 13.2 Å². The van der Waals surface area contributed by atoms with E-state index in [1.165, 1.54) is 6.07 Å². The number of amides is 1. The monoisotopic (exact) mass is 357 g/mol. The van der Waals surface area contributed by atoms with E-state index < -0.39 is 12.0 Å². The number of hydrogen-bond acceptors (Lipinski definition) is 4. The number of aromatic nitrogens is 2. The average molecular weight is 357 g/mol. The molecule has 0 saturated heterocycles. The fraction of sp³-hybridized carbons (Fsp3) is 0.438. The molecule has 24 heavy (non-hydrogen) atoms. The fourth-order valence-corrected chi connectivity index (χ4v) is 2.92. The summed E-state index contributed by atoms with van der Waals surface area (Å²) in [5.41, 5.74) is 0.214. The molecule has 0 unspecified atom stereocenters. The van der Waals surface area contributed by atoms with Gasteiger partial charge >= 0.3 is 6.18 Å². The Morgan fingerprint density at radius 1 is 1.21 bits per heavy atom. The van der Waals surface area contributed by atoms with Crippen molar-refractivity contribution in [3.8, 4) is 0 Å². The van der Waals surface area contributed by atoms with E-state index in [4.69, 9.17) is 0 Å². The smallest absolute Gasteiger partial charge is 0.355 e. The molecule has 0 aliphatic heterocycles. The summed E-state index contributed by atoms with van der Waals surface area (Å²) in [5, 5.41) is 3.43. The molecule has 8 heteroatoms. The van der Waals surface area contributed by atoms with E-state index in [9.17, 15) is 18.0 Å². The van der Waals surface area contributed by atoms with E-state index in [2.05, 4.69) is 22.2 Å². The van der Waals surface area contributed by atoms with Crippen LogP contribution in [0.3, 0.4) is 0 Å². The Morgan fingerprint density at radius 2 is 1.96 bits per heavy atom. The predicted octanol–water partition coefficient (Wildman–Crippen LogP) is 4.05. The first-order chi connectivity index (χ1) is 11.4. The molecule has 0 aliphatic carbocycles. The summed E-state index contributed by atoms with van der Waals surface area (Å²) in [7, 11) is 0. The molecule has 1 aromatic carbocycles. The molecule has 2 rings (SSSR count). The van der Waals surface area contributed by atoms with Gasteiger partial charge in [-0.1, -0.05) is 49.7 Å². The van der Waals surface area contributed by atoms with E-state index in [-0.39, 0.29) is 22.2 Å². The number of fused-ring (bicyclic) bond motifs is 1. The second kappa shape index (κ2) is 8.32. The van der Waals surface area contributed by atoms with E-state index in [0.717, 1.165) is 31.0 Å². The highest BCUT2D eigenvalue weighted by Crippen LogP contribution is 2.31. The average Bonchev–Trinajstić information content (AvgIpc) is 2.55. The van der Waals surface area contributed by atoms with Crippen molar-refractivity contribution in [2.75, 3.05) is 12.3 Å². The van der Waals surface area contributed by atoms with Crippen LogP contribution >= 0.6 is 11.8 Å². The van der Waals surface area contributed by atoms with Crippen molar-refractivity contribution in [1.82, 2.24) is 15.3 Å². The van der Waals surface area contributed by atoms with Gasteiger partial charge in [0.1, 0.15) is 5.03 Å². The summed E-state index contributed by atoms with van der Waals surface area (Å²) in [4.78, 5) is 19.0. The molecule has 1 aromatic heterocycles. The number of carbonyl (C=O) groups excluding carboxylic acids is 1. The number of nitrogens with zero attached hydrogens (tertiary/aromatic N) is 2. The molecule has 130 valence electrons. The van der Waals surface area contributed by atoms with Crippen LogP contribution in [0.1, 0.15) is 32.0 Å². The van der Waals surface area contributed by atoms with E-state index in [0.29, 0.717) is 11.9 Å². The number of rotatable bonds is 7. The topological polar surface area (TPSA) is 54.9 Å². The van der Waals surface area contributed by atoms with Gasteiger partial charge in [0.2, 0.25) is 11.7 Å². The van der Waals surface area contributed by atoms with Gasteiger partial charge in [0.05, 0.1) is 11.3 Å². The van der Waals surface area contributed by atoms with Gasteiger partial charge in [-0.3, -0.25) is 4.79 Å². The normalized spacial score (nSPS) is 11.7. The van der Waals surface area contributed by atoms with Crippen LogP contribution in [0.15, 0.2) is 29.3 Å². The van der Waals surface area contributed by atoms with Gasteiger partial charge in [0, 0.05) is 11.9 Å². The Kier molecular flexibility index (Phi) is 6.42. The molecular formula is C16H18F3N3OS. The van der Waals surface area contributed by atoms with Crippen LogP contribution in [0, 0.1) is 0 Å². The molecule has 0 radical (unpaired) electrons. The van der Waals surface area contributed by atoms with Crippen LogP contribution in [-0.4, -0.2) is 28.2 Å². The molecule has 0 aliphatic rings. The van der Waals surface area contributed by atoms with Crippen molar-refractivity contribution < 1.29 is 18.0 Å². The third kappa shape index (κ3) is 5.09. The summed E-state index contributed by atoms with van der Waals surface area (Å²) >= 11 is 0.989. The van der Waals surface area contributed by atoms with Crippen LogP contribution in [0.2, 0.25) is 0 Å². The number of carbonyl (C=O) groups is 1. The van der Waals surface area contributed by atoms with Crippen LogP contribution in [0.25, 0.3) is 10.9 Å². The number of hydrogen-bond donors (Lipinski definition) is 1. The molecule has 0 fully saturated rings. The third-order valence-corrected chi connectivity index (χ3v) is 4.26. The summed E-state index contributed by atoms with van der Waals surface area (Å²) in [6.07, 6.45) is -1.65. The lowest BCUT2D eigenvalue weighted by molar-refractivity contribution is -0.145. The number of thioether (sulfide) groups is 1. The highest BCUT2D eigenvalue weighted by atomic mass is 32.2. The van der Waals surface area contributed by atoms with Gasteiger partial charge in [0.15, 0.2) is 0 Å². The maximum Gasteiger partial charge on any atom is 0.451 e. The first-order valence-corrected chi connectivity index (χ1v) is 8.64. The summed E-state index contributed by atoms with van der Waals surface area (Å²) in [6.45, 7) is 2.64. The standard InChI is InChI=1S/C16H18F3N3OS/c1-2-3-6-9-20-13(23)10-24-14-11-7-4-5-8-12(11)21-15(22-14)16(17,18)19/h4-5,7-8H,2-3,6,9-10H2,1H3,(H,20,23). The Bertz CT molecular complexity index is 707. The molecule has 1 amide bonds. The number of para-hydroxylation sites is 1. The molecule has 0 atom stereocenters. The van der Waals surface area contributed by atoms with Gasteiger partial charge in [-0.2, -0.15) is 13.2 Å². The summed E-state index contributed by atoms with van der Waals surface area (Å²) < 4.78 is 38.8. The molecule has 4 nitrogen and oxygen atoms in total. The van der Waals surface area contributed by atoms with Crippen molar-refractivity contribution >= 4 is 28.6 Å². The van der Waals surface area contributed by atoms with Crippen molar-refractivity contribution in [3.63, 3.8) is 0 Å². The summed E-state index contributed by atoms with van der Waals surface area (Å²) in [5.74, 6) is -1.39. The second-order valence-corrected chi connectivity index (χ2v) is 6.18. The number of halogens is 3. The van der Waals surface area contributed by atoms with Gasteiger partial charge in [-0.25, -0.2) is 9.97 Å². The van der Waals surface area contributed by atoms with E-state index >= 15 is 0 Å². The van der Waals surface area contributed by atoms with Crippen molar-refractivity contribution in [3.05, 3.63) is 30.1 Å². The molecule has 0 spiro atoms. The minimum atomic E-state index is -4.62. The van der Waals surface area contributed by atoms with Crippen LogP contribution in [-0.2, 0) is 11.0 Å². The van der Waals surface area contributed by atoms with Gasteiger partial charge in [0.25, 0.3) is 0 Å². The molecule has 1 heterocycles. The van der Waals surface area contributed by atoms with E-state index in [1.54, 1.807) is 18.2 Å². The maximum atomic E-state index is 12.9. The highest BCUT2D eigenvalue weighted by molar-refractivity contribution is 8.00. The van der Waals surface area contributed by atoms with E-state index in [1.807, 2.05) is 0 Å². The first-order valence-electron chi connectivity index (χ1n) is 7.65. The van der Waals surface area contributed by atoms with Crippen LogP contribution < -0.4 is 5.32 Å². The van der Waals surface area contributed by atoms with Gasteiger partial charge in [-0.05, 0) is 12.5 Å². The molecule has 0 bridgehead atoms. The Balaban J connectivity index is 2.11. The first kappa shape index (κ1) is 18.5. The lowest BCUT2D eigenvalue weighted by Gasteiger charge is -2.10. The highest BCUT2D eigenvalue weighted by Gasteiger charge is 2.35. The Labute approximate surface area is 142 Å². The van der Waals surface area contributed by atoms with Gasteiger partial charge in [-0.15, -0.1) is 0 Å². The minimum Gasteiger partial charge on any atom is -0.355 e. The van der Waals surface area contributed by atoms with Crippen molar-refractivity contribution in [1.29, 1.82) is 0 Å². The molecule has 0 saturated carbocycles. The minimum absolute atomic E-state index is 0.0183. The van der Waals surface area contributed by atoms with Crippen LogP contribution in [0.5, 0.6) is 0 Å². The maximum absolute atomic E-state index is 12.9. The quantitative estimate of drug-likeness (QED) is 0.461. The Hall–Kier alpha value is -1.83.